The van der Waals surface area contributed by atoms with Crippen LogP contribution in [0.2, 0.25) is 0 Å². The molecule has 0 saturated carbocycles. The van der Waals surface area contributed by atoms with Crippen LogP contribution >= 0.6 is 0 Å². The molecular weight excluding hydrogens is 270 g/mol. The van der Waals surface area contributed by atoms with Gasteiger partial charge in [0.25, 0.3) is 0 Å². The molecule has 0 N–H and O–H groups in total. The number of benzene rings is 1. The summed E-state index contributed by atoms with van der Waals surface area (Å²) in [6, 6.07) is 10.3. The van der Waals surface area contributed by atoms with Crippen molar-refractivity contribution in [1.29, 1.82) is 5.26 Å². The molecule has 0 spiro atoms. The van der Waals surface area contributed by atoms with Crippen LogP contribution in [0, 0.1) is 23.2 Å². The predicted octanol–water partition coefficient (Wildman–Crippen LogP) is 3.51. The van der Waals surface area contributed by atoms with E-state index >= 15 is 0 Å². The van der Waals surface area contributed by atoms with Crippen molar-refractivity contribution in [3.8, 4) is 6.07 Å². The zero-order valence-electron chi connectivity index (χ0n) is 13.7. The number of hydrogen-bond acceptors (Lipinski definition) is 3. The molecular formula is C19H27N3. The van der Waals surface area contributed by atoms with Crippen molar-refractivity contribution in [3.05, 3.63) is 29.8 Å². The predicted molar refractivity (Wildman–Crippen MR) is 90.9 cm³/mol. The van der Waals surface area contributed by atoms with Gasteiger partial charge in [-0.05, 0) is 74.9 Å². The van der Waals surface area contributed by atoms with Gasteiger partial charge in [-0.25, -0.2) is 0 Å². The van der Waals surface area contributed by atoms with Crippen LogP contribution in [0.5, 0.6) is 0 Å². The van der Waals surface area contributed by atoms with E-state index in [9.17, 15) is 0 Å². The van der Waals surface area contributed by atoms with Gasteiger partial charge < -0.3 is 9.80 Å². The van der Waals surface area contributed by atoms with E-state index in [1.807, 2.05) is 12.1 Å². The normalized spacial score (nSPS) is 24.2. The Bertz CT molecular complexity index is 508. The number of nitrogens with zero attached hydrogens (tertiary/aromatic N) is 3. The van der Waals surface area contributed by atoms with Crippen LogP contribution in [-0.4, -0.2) is 37.6 Å². The fraction of sp³-hybridized carbons (Fsp3) is 0.632. The van der Waals surface area contributed by atoms with Gasteiger partial charge in [-0.3, -0.25) is 0 Å². The topological polar surface area (TPSA) is 30.3 Å². The van der Waals surface area contributed by atoms with Crippen LogP contribution < -0.4 is 4.90 Å². The van der Waals surface area contributed by atoms with Crippen LogP contribution in [0.4, 0.5) is 5.69 Å². The number of likely N-dealkylation sites (tertiary alicyclic amines) is 1. The number of piperidine rings is 2. The lowest BCUT2D eigenvalue weighted by Gasteiger charge is -2.38. The van der Waals surface area contributed by atoms with Gasteiger partial charge in [0.1, 0.15) is 0 Å². The summed E-state index contributed by atoms with van der Waals surface area (Å²) in [6.45, 7) is 8.53. The van der Waals surface area contributed by atoms with Crippen LogP contribution in [0.1, 0.15) is 38.2 Å². The lowest BCUT2D eigenvalue weighted by molar-refractivity contribution is 0.159. The molecule has 2 heterocycles. The molecule has 0 bridgehead atoms. The summed E-state index contributed by atoms with van der Waals surface area (Å²) in [5, 5.41) is 8.91. The Morgan fingerprint density at radius 1 is 1.09 bits per heavy atom. The van der Waals surface area contributed by atoms with Crippen LogP contribution in [0.15, 0.2) is 24.3 Å². The first-order valence-electron chi connectivity index (χ1n) is 8.72. The maximum absolute atomic E-state index is 8.91. The minimum Gasteiger partial charge on any atom is -0.371 e. The molecule has 22 heavy (non-hydrogen) atoms. The van der Waals surface area contributed by atoms with Crippen molar-refractivity contribution in [3.63, 3.8) is 0 Å². The van der Waals surface area contributed by atoms with Crippen LogP contribution in [0.3, 0.4) is 0 Å². The van der Waals surface area contributed by atoms with E-state index in [0.717, 1.165) is 30.5 Å². The van der Waals surface area contributed by atoms with Gasteiger partial charge >= 0.3 is 0 Å². The quantitative estimate of drug-likeness (QED) is 0.855. The molecule has 2 aliphatic rings. The molecule has 0 aliphatic carbocycles. The van der Waals surface area contributed by atoms with E-state index in [1.54, 1.807) is 0 Å². The molecule has 1 atom stereocenters. The summed E-state index contributed by atoms with van der Waals surface area (Å²) < 4.78 is 0. The van der Waals surface area contributed by atoms with Gasteiger partial charge in [0.05, 0.1) is 11.6 Å². The Labute approximate surface area is 134 Å². The Kier molecular flexibility index (Phi) is 5.00. The van der Waals surface area contributed by atoms with Crippen molar-refractivity contribution < 1.29 is 0 Å². The maximum Gasteiger partial charge on any atom is 0.0991 e. The van der Waals surface area contributed by atoms with Gasteiger partial charge in [-0.2, -0.15) is 5.26 Å². The number of nitriles is 1. The first-order chi connectivity index (χ1) is 10.7. The third kappa shape index (κ3) is 3.81. The second kappa shape index (κ2) is 7.15. The zero-order chi connectivity index (χ0) is 15.4. The Morgan fingerprint density at radius 2 is 1.82 bits per heavy atom. The smallest absolute Gasteiger partial charge is 0.0991 e. The molecule has 0 aromatic heterocycles. The van der Waals surface area contributed by atoms with E-state index < -0.39 is 0 Å². The lowest BCUT2D eigenvalue weighted by Crippen LogP contribution is -2.43. The number of anilines is 1. The molecule has 2 aliphatic heterocycles. The highest BCUT2D eigenvalue weighted by atomic mass is 15.2. The Morgan fingerprint density at radius 3 is 2.50 bits per heavy atom. The first-order valence-corrected chi connectivity index (χ1v) is 8.72. The SMILES string of the molecule is CC1CCN(CC2CCCN(c3ccc(C#N)cc3)C2)CC1. The zero-order valence-corrected chi connectivity index (χ0v) is 13.7. The maximum atomic E-state index is 8.91. The third-order valence-electron chi connectivity index (χ3n) is 5.27. The summed E-state index contributed by atoms with van der Waals surface area (Å²) >= 11 is 0. The third-order valence-corrected chi connectivity index (χ3v) is 5.27. The molecule has 1 unspecified atom stereocenters. The van der Waals surface area contributed by atoms with Crippen molar-refractivity contribution in [2.75, 3.05) is 37.6 Å². The van der Waals surface area contributed by atoms with E-state index in [-0.39, 0.29) is 0 Å². The molecule has 1 aromatic carbocycles. The molecule has 118 valence electrons. The minimum absolute atomic E-state index is 0.750. The van der Waals surface area contributed by atoms with Gasteiger partial charge in [0, 0.05) is 25.3 Å². The second-order valence-corrected chi connectivity index (χ2v) is 7.10. The Hall–Kier alpha value is -1.53. The molecule has 3 heteroatoms. The largest absolute Gasteiger partial charge is 0.371 e. The van der Waals surface area contributed by atoms with Crippen molar-refractivity contribution in [2.24, 2.45) is 11.8 Å². The number of hydrogen-bond donors (Lipinski definition) is 0. The monoisotopic (exact) mass is 297 g/mol. The molecule has 1 aromatic rings. The van der Waals surface area contributed by atoms with Crippen molar-refractivity contribution >= 4 is 5.69 Å². The first kappa shape index (κ1) is 15.4. The average Bonchev–Trinajstić information content (AvgIpc) is 2.57. The van der Waals surface area contributed by atoms with Crippen molar-refractivity contribution in [2.45, 2.75) is 32.6 Å². The Balaban J connectivity index is 1.55. The summed E-state index contributed by atoms with van der Waals surface area (Å²) in [5.74, 6) is 1.70. The lowest BCUT2D eigenvalue weighted by atomic mass is 9.94. The molecule has 0 radical (unpaired) electrons. The molecule has 3 rings (SSSR count). The summed E-state index contributed by atoms with van der Waals surface area (Å²) in [5.41, 5.74) is 2.02. The van der Waals surface area contributed by atoms with Gasteiger partial charge in [0.2, 0.25) is 0 Å². The summed E-state index contributed by atoms with van der Waals surface area (Å²) in [7, 11) is 0. The van der Waals surface area contributed by atoms with E-state index in [2.05, 4.69) is 34.9 Å². The second-order valence-electron chi connectivity index (χ2n) is 7.10. The highest BCUT2D eigenvalue weighted by Crippen LogP contribution is 2.25. The van der Waals surface area contributed by atoms with Gasteiger partial charge in [-0.1, -0.05) is 6.92 Å². The van der Waals surface area contributed by atoms with Gasteiger partial charge in [-0.15, -0.1) is 0 Å². The van der Waals surface area contributed by atoms with E-state index in [0.29, 0.717) is 0 Å². The number of rotatable bonds is 3. The molecule has 2 saturated heterocycles. The van der Waals surface area contributed by atoms with Crippen LogP contribution in [0.25, 0.3) is 0 Å². The van der Waals surface area contributed by atoms with E-state index in [4.69, 9.17) is 5.26 Å². The molecule has 2 fully saturated rings. The summed E-state index contributed by atoms with van der Waals surface area (Å²) in [4.78, 5) is 5.18. The van der Waals surface area contributed by atoms with Gasteiger partial charge in [0.15, 0.2) is 0 Å². The fourth-order valence-electron chi connectivity index (χ4n) is 3.81. The minimum atomic E-state index is 0.750. The fourth-order valence-corrected chi connectivity index (χ4v) is 3.81. The average molecular weight is 297 g/mol. The van der Waals surface area contributed by atoms with Crippen LogP contribution in [-0.2, 0) is 0 Å². The summed E-state index contributed by atoms with van der Waals surface area (Å²) in [6.07, 6.45) is 5.38. The van der Waals surface area contributed by atoms with E-state index in [1.165, 1.54) is 51.0 Å². The highest BCUT2D eigenvalue weighted by Gasteiger charge is 2.24. The standard InChI is InChI=1S/C19H27N3/c1-16-8-11-21(12-9-16)14-18-3-2-10-22(15-18)19-6-4-17(13-20)5-7-19/h4-7,16,18H,2-3,8-12,14-15H2,1H3. The highest BCUT2D eigenvalue weighted by molar-refractivity contribution is 5.50. The molecule has 3 nitrogen and oxygen atoms in total. The van der Waals surface area contributed by atoms with Crippen molar-refractivity contribution in [1.82, 2.24) is 4.90 Å². The molecule has 0 amide bonds.